The number of hydrogen-bond donors (Lipinski definition) is 2. The van der Waals surface area contributed by atoms with Crippen LogP contribution in [0.1, 0.15) is 49.9 Å². The van der Waals surface area contributed by atoms with Gasteiger partial charge in [0.1, 0.15) is 5.54 Å². The Bertz CT molecular complexity index is 2720. The predicted molar refractivity (Wildman–Crippen MR) is 227 cm³/mol. The Hall–Kier alpha value is -6.78. The van der Waals surface area contributed by atoms with E-state index < -0.39 is 34.2 Å². The second-order valence-electron chi connectivity index (χ2n) is 14.4. The molecule has 0 atom stereocenters. The Labute approximate surface area is 348 Å². The molecule has 59 heavy (non-hydrogen) atoms. The number of halogens is 3. The normalized spacial score (nSPS) is 13.4. The summed E-state index contributed by atoms with van der Waals surface area (Å²) in [5.74, 6) is -0.664. The van der Waals surface area contributed by atoms with E-state index in [1.165, 1.54) is 19.2 Å². The van der Waals surface area contributed by atoms with Crippen molar-refractivity contribution in [1.29, 1.82) is 5.26 Å². The van der Waals surface area contributed by atoms with Crippen molar-refractivity contribution >= 4 is 91.1 Å². The first-order valence-electron chi connectivity index (χ1n) is 17.7. The van der Waals surface area contributed by atoms with Crippen LogP contribution in [0.2, 0.25) is 0 Å². The molecule has 4 aromatic carbocycles. The number of nitrogens with zero attached hydrogens (tertiary/aromatic N) is 7. The first-order valence-corrected chi connectivity index (χ1v) is 18.5. The highest BCUT2D eigenvalue weighted by molar-refractivity contribution is 7.81. The number of anilines is 2. The molecular weight excluding hydrogens is 800 g/mol. The number of ether oxygens (including phenoxy) is 1. The van der Waals surface area contributed by atoms with E-state index in [0.29, 0.717) is 17.8 Å². The monoisotopic (exact) mass is 835 g/mol. The maximum absolute atomic E-state index is 13.4. The van der Waals surface area contributed by atoms with Crippen molar-refractivity contribution in [3.8, 4) is 6.07 Å². The number of esters is 1. The summed E-state index contributed by atoms with van der Waals surface area (Å²) in [6.07, 6.45) is -0.682. The van der Waals surface area contributed by atoms with E-state index in [0.717, 1.165) is 55.7 Å². The molecule has 0 saturated carbocycles. The first-order chi connectivity index (χ1) is 27.9. The quantitative estimate of drug-likeness (QED) is 0.0724. The van der Waals surface area contributed by atoms with E-state index in [1.54, 1.807) is 61.5 Å². The lowest BCUT2D eigenvalue weighted by Gasteiger charge is -2.29. The zero-order chi connectivity index (χ0) is 43.3. The van der Waals surface area contributed by atoms with Gasteiger partial charge in [0, 0.05) is 16.5 Å². The number of benzene rings is 4. The van der Waals surface area contributed by atoms with E-state index in [2.05, 4.69) is 47.6 Å². The summed E-state index contributed by atoms with van der Waals surface area (Å²) in [6.45, 7) is 15.8. The van der Waals surface area contributed by atoms with Crippen molar-refractivity contribution in [2.75, 3.05) is 16.9 Å². The molecule has 0 aliphatic carbocycles. The fourth-order valence-corrected chi connectivity index (χ4v) is 7.00. The second-order valence-corrected chi connectivity index (χ2v) is 15.0. The average Bonchev–Trinajstić information content (AvgIpc) is 3.91. The van der Waals surface area contributed by atoms with Crippen molar-refractivity contribution in [1.82, 2.24) is 20.4 Å². The number of rotatable bonds is 6. The standard InChI is InChI=1S/C20H14F3N5OS.C13H16N2O2.C9H6N2S/c1-19(2)17(29)27(13-4-3-11(9-24)15(8-13)20(21,22)23)18(30)28(19)14-5-6-16-12(7-14)10-25-26-16;1-13(2,12(16)17-3)7-9-4-5-11-10(6-9)8-14-15-11;1-7-5-8(11-6-12)3-4-9(7)10-2/h3-8,10H,1-2H3,(H,25,26);4-6,8H,7H2,1-3H3,(H,14,15);3-5H,1H3. The number of carbonyl (C=O) groups is 2. The van der Waals surface area contributed by atoms with Crippen LogP contribution in [0, 0.1) is 30.2 Å². The zero-order valence-corrected chi connectivity index (χ0v) is 34.2. The lowest BCUT2D eigenvalue weighted by atomic mass is 9.85. The third kappa shape index (κ3) is 9.35. The van der Waals surface area contributed by atoms with E-state index in [1.807, 2.05) is 45.0 Å². The van der Waals surface area contributed by atoms with Gasteiger partial charge < -0.3 is 9.64 Å². The number of aromatic amines is 2. The van der Waals surface area contributed by atoms with Crippen LogP contribution in [0.3, 0.4) is 0 Å². The Kier molecular flexibility index (Phi) is 12.8. The molecule has 2 N–H and O–H groups in total. The lowest BCUT2D eigenvalue weighted by Crippen LogP contribution is -2.44. The average molecular weight is 836 g/mol. The van der Waals surface area contributed by atoms with E-state index in [4.69, 9.17) is 28.8 Å². The van der Waals surface area contributed by atoms with Crippen LogP contribution in [0.15, 0.2) is 90.2 Å². The summed E-state index contributed by atoms with van der Waals surface area (Å²) >= 11 is 9.97. The second kappa shape index (κ2) is 17.4. The van der Waals surface area contributed by atoms with E-state index >= 15 is 0 Å². The Morgan fingerprint density at radius 2 is 1.61 bits per heavy atom. The van der Waals surface area contributed by atoms with Crippen molar-refractivity contribution in [2.24, 2.45) is 10.4 Å². The molecule has 1 aliphatic rings. The van der Waals surface area contributed by atoms with Crippen LogP contribution < -0.4 is 9.80 Å². The summed E-state index contributed by atoms with van der Waals surface area (Å²) in [5.41, 5.74) is 2.50. The Morgan fingerprint density at radius 3 is 2.19 bits per heavy atom. The van der Waals surface area contributed by atoms with Crippen LogP contribution >= 0.6 is 24.4 Å². The van der Waals surface area contributed by atoms with Gasteiger partial charge in [0.2, 0.25) is 0 Å². The number of isothiocyanates is 1. The molecule has 1 saturated heterocycles. The third-order valence-corrected chi connectivity index (χ3v) is 9.86. The van der Waals surface area contributed by atoms with Crippen LogP contribution in [0.5, 0.6) is 0 Å². The van der Waals surface area contributed by atoms with Gasteiger partial charge in [0.05, 0.1) is 76.3 Å². The number of H-pyrrole nitrogens is 2. The third-order valence-electron chi connectivity index (χ3n) is 9.40. The highest BCUT2D eigenvalue weighted by Gasteiger charge is 2.50. The number of aliphatic imine (C=N–C) groups is 1. The number of hydrogen-bond acceptors (Lipinski definition) is 9. The van der Waals surface area contributed by atoms with E-state index in [-0.39, 0.29) is 16.8 Å². The Balaban J connectivity index is 0.000000191. The van der Waals surface area contributed by atoms with Crippen LogP contribution in [0.25, 0.3) is 26.7 Å². The van der Waals surface area contributed by atoms with Gasteiger partial charge >= 0.3 is 12.1 Å². The number of nitrogens with one attached hydrogen (secondary N) is 2. The molecule has 1 amide bonds. The number of alkyl halides is 3. The predicted octanol–water partition coefficient (Wildman–Crippen LogP) is 9.95. The zero-order valence-electron chi connectivity index (χ0n) is 32.6. The van der Waals surface area contributed by atoms with Crippen molar-refractivity contribution in [3.05, 3.63) is 119 Å². The minimum Gasteiger partial charge on any atom is -0.469 e. The van der Waals surface area contributed by atoms with Crippen molar-refractivity contribution < 1.29 is 27.5 Å². The topological polar surface area (TPSA) is 148 Å². The highest BCUT2D eigenvalue weighted by Crippen LogP contribution is 2.40. The smallest absolute Gasteiger partial charge is 0.417 e. The van der Waals surface area contributed by atoms with Gasteiger partial charge in [-0.3, -0.25) is 24.7 Å². The van der Waals surface area contributed by atoms with Gasteiger partial charge in [-0.15, -0.1) is 0 Å². The minimum atomic E-state index is -4.74. The van der Waals surface area contributed by atoms with Crippen LogP contribution in [-0.4, -0.2) is 55.2 Å². The molecule has 1 fully saturated rings. The molecule has 17 heteroatoms. The van der Waals surface area contributed by atoms with Crippen molar-refractivity contribution in [2.45, 2.75) is 52.8 Å². The molecule has 3 heterocycles. The van der Waals surface area contributed by atoms with Gasteiger partial charge in [-0.25, -0.2) is 4.85 Å². The number of aromatic nitrogens is 4. The molecule has 7 rings (SSSR count). The maximum Gasteiger partial charge on any atom is 0.417 e. The lowest BCUT2D eigenvalue weighted by molar-refractivity contribution is -0.150. The van der Waals surface area contributed by atoms with Gasteiger partial charge in [0.15, 0.2) is 10.8 Å². The Morgan fingerprint density at radius 1 is 0.983 bits per heavy atom. The summed E-state index contributed by atoms with van der Waals surface area (Å²) in [6, 6.07) is 21.3. The molecule has 12 nitrogen and oxygen atoms in total. The number of thiocarbonyl (C=S) groups is 2. The number of fused-ring (bicyclic) bond motifs is 2. The summed E-state index contributed by atoms with van der Waals surface area (Å²) < 4.78 is 45.0. The first kappa shape index (κ1) is 43.3. The molecular formula is C42H36F3N9O3S2. The molecule has 6 aromatic rings. The minimum absolute atomic E-state index is 0.0451. The molecule has 300 valence electrons. The largest absolute Gasteiger partial charge is 0.469 e. The fourth-order valence-electron chi connectivity index (χ4n) is 6.38. The highest BCUT2D eigenvalue weighted by atomic mass is 32.1. The molecule has 0 radical (unpaired) electrons. The number of carbonyl (C=O) groups excluding carboxylic acids is 2. The maximum atomic E-state index is 13.4. The molecule has 2 aromatic heterocycles. The summed E-state index contributed by atoms with van der Waals surface area (Å²) in [4.78, 5) is 34.6. The van der Waals surface area contributed by atoms with Gasteiger partial charge in [-0.1, -0.05) is 12.1 Å². The molecule has 0 unspecified atom stereocenters. The number of amides is 1. The van der Waals surface area contributed by atoms with Gasteiger partial charge in [-0.2, -0.15) is 33.6 Å². The van der Waals surface area contributed by atoms with E-state index in [9.17, 15) is 22.8 Å². The number of aryl methyl sites for hydroxylation is 1. The number of methoxy groups -OCH3 is 1. The molecule has 0 bridgehead atoms. The number of nitriles is 1. The van der Waals surface area contributed by atoms with Crippen LogP contribution in [-0.2, 0) is 26.9 Å². The van der Waals surface area contributed by atoms with Gasteiger partial charge in [0.25, 0.3) is 5.91 Å². The van der Waals surface area contributed by atoms with Crippen LogP contribution in [0.4, 0.5) is 35.9 Å². The molecule has 1 aliphatic heterocycles. The van der Waals surface area contributed by atoms with Gasteiger partial charge in [-0.05, 0) is 137 Å². The molecule has 0 spiro atoms. The summed E-state index contributed by atoms with van der Waals surface area (Å²) in [7, 11) is 1.42. The van der Waals surface area contributed by atoms with Crippen molar-refractivity contribution in [3.63, 3.8) is 0 Å². The fraction of sp³-hybridized carbons (Fsp3) is 0.238. The summed E-state index contributed by atoms with van der Waals surface area (Å²) in [5, 5.41) is 26.9. The SMILES string of the molecule is CC1(C)C(=O)N(c2ccc(C#N)c(C(F)(F)F)c2)C(=S)N1c1ccc2[nH]ncc2c1.COC(=O)C(C)(C)Cc1ccc2[nH]ncc2c1.[C-]#[N+]c1ccc(N=C=S)cc1C.